The van der Waals surface area contributed by atoms with E-state index >= 15 is 0 Å². The number of nitrogens with zero attached hydrogens (tertiary/aromatic N) is 4. The summed E-state index contributed by atoms with van der Waals surface area (Å²) in [5.74, 6) is 0.561. The van der Waals surface area contributed by atoms with Crippen molar-refractivity contribution in [1.29, 1.82) is 0 Å². The van der Waals surface area contributed by atoms with Crippen LogP contribution in [-0.4, -0.2) is 32.9 Å². The van der Waals surface area contributed by atoms with Gasteiger partial charge in [0.05, 0.1) is 17.6 Å². The summed E-state index contributed by atoms with van der Waals surface area (Å²) < 4.78 is 0. The van der Waals surface area contributed by atoms with E-state index in [2.05, 4.69) is 30.6 Å². The Bertz CT molecular complexity index is 1210. The molecule has 31 heavy (non-hydrogen) atoms. The summed E-state index contributed by atoms with van der Waals surface area (Å²) in [5.41, 5.74) is 9.97. The summed E-state index contributed by atoms with van der Waals surface area (Å²) in [4.78, 5) is 30.0. The van der Waals surface area contributed by atoms with Gasteiger partial charge in [0, 0.05) is 30.9 Å². The molecule has 0 fully saturated rings. The van der Waals surface area contributed by atoms with Crippen molar-refractivity contribution in [3.63, 3.8) is 0 Å². The Morgan fingerprint density at radius 3 is 2.61 bits per heavy atom. The summed E-state index contributed by atoms with van der Waals surface area (Å²) >= 11 is 0. The molecule has 4 N–H and O–H groups in total. The zero-order valence-corrected chi connectivity index (χ0v) is 16.9. The number of rotatable bonds is 6. The van der Waals surface area contributed by atoms with E-state index in [1.807, 2.05) is 42.5 Å². The van der Waals surface area contributed by atoms with E-state index < -0.39 is 0 Å². The average Bonchev–Trinajstić information content (AvgIpc) is 2.83. The zero-order valence-electron chi connectivity index (χ0n) is 16.9. The van der Waals surface area contributed by atoms with Crippen LogP contribution in [0.1, 0.15) is 15.9 Å². The molecular weight excluding hydrogens is 390 g/mol. The fourth-order valence-corrected chi connectivity index (χ4v) is 3.04. The lowest BCUT2D eigenvalue weighted by molar-refractivity contribution is 0.0951. The number of amides is 1. The van der Waals surface area contributed by atoms with Gasteiger partial charge >= 0.3 is 0 Å². The van der Waals surface area contributed by atoms with Crippen molar-refractivity contribution in [1.82, 2.24) is 25.3 Å². The van der Waals surface area contributed by atoms with Gasteiger partial charge < -0.3 is 16.4 Å². The Balaban J connectivity index is 1.59. The van der Waals surface area contributed by atoms with Crippen molar-refractivity contribution in [2.24, 2.45) is 0 Å². The normalized spacial score (nSPS) is 10.5. The number of anilines is 2. The third kappa shape index (κ3) is 4.64. The maximum absolute atomic E-state index is 12.6. The second-order valence-corrected chi connectivity index (χ2v) is 6.75. The summed E-state index contributed by atoms with van der Waals surface area (Å²) in [6.45, 7) is 0.456. The van der Waals surface area contributed by atoms with E-state index in [-0.39, 0.29) is 11.7 Å². The maximum atomic E-state index is 12.6. The van der Waals surface area contributed by atoms with Crippen LogP contribution in [0.3, 0.4) is 0 Å². The highest BCUT2D eigenvalue weighted by molar-refractivity contribution is 5.95. The van der Waals surface area contributed by atoms with Gasteiger partial charge in [0.15, 0.2) is 5.82 Å². The number of benzene rings is 2. The first-order valence-electron chi connectivity index (χ1n) is 9.70. The highest BCUT2D eigenvalue weighted by atomic mass is 16.1. The predicted molar refractivity (Wildman–Crippen MR) is 120 cm³/mol. The maximum Gasteiger partial charge on any atom is 0.251 e. The first-order valence-corrected chi connectivity index (χ1v) is 9.70. The molecule has 0 bridgehead atoms. The van der Waals surface area contributed by atoms with Crippen molar-refractivity contribution < 1.29 is 4.79 Å². The molecule has 0 saturated carbocycles. The highest BCUT2D eigenvalue weighted by Crippen LogP contribution is 2.25. The number of nitrogens with one attached hydrogen (secondary N) is 2. The zero-order chi connectivity index (χ0) is 21.6. The Labute approximate surface area is 179 Å². The molecular formula is C23H21N7O. The molecule has 0 radical (unpaired) electrons. The molecule has 0 atom stereocenters. The predicted octanol–water partition coefficient (Wildman–Crippen LogP) is 3.15. The van der Waals surface area contributed by atoms with Crippen LogP contribution in [0.25, 0.3) is 22.6 Å². The third-order valence-electron chi connectivity index (χ3n) is 4.64. The number of hydrogen-bond acceptors (Lipinski definition) is 7. The van der Waals surface area contributed by atoms with Crippen molar-refractivity contribution >= 4 is 17.7 Å². The molecule has 0 saturated heterocycles. The van der Waals surface area contributed by atoms with Crippen molar-refractivity contribution in [3.05, 3.63) is 84.2 Å². The first kappa shape index (κ1) is 20.0. The van der Waals surface area contributed by atoms with Gasteiger partial charge in [-0.1, -0.05) is 42.5 Å². The standard InChI is InChI=1S/C23H21N7O/c1-25-23-26-11-10-18(30-23)20-21(24)27-14-19(29-20)16-8-5-9-17(12-16)22(31)28-13-15-6-3-2-4-7-15/h2-12,14H,13H2,1H3,(H2,24,27)(H,28,31)(H,25,26,30). The monoisotopic (exact) mass is 411 g/mol. The largest absolute Gasteiger partial charge is 0.382 e. The lowest BCUT2D eigenvalue weighted by atomic mass is 10.1. The molecule has 154 valence electrons. The van der Waals surface area contributed by atoms with Crippen LogP contribution in [0.5, 0.6) is 0 Å². The molecule has 8 nitrogen and oxygen atoms in total. The Morgan fingerprint density at radius 2 is 1.81 bits per heavy atom. The molecule has 4 aromatic rings. The van der Waals surface area contributed by atoms with Gasteiger partial charge in [-0.05, 0) is 23.8 Å². The molecule has 1 amide bonds. The minimum atomic E-state index is -0.163. The fraction of sp³-hybridized carbons (Fsp3) is 0.0870. The number of aromatic nitrogens is 4. The van der Waals surface area contributed by atoms with Crippen LogP contribution in [0.4, 0.5) is 11.8 Å². The van der Waals surface area contributed by atoms with Crippen LogP contribution in [0, 0.1) is 0 Å². The molecule has 0 unspecified atom stereocenters. The van der Waals surface area contributed by atoms with E-state index in [1.165, 1.54) is 0 Å². The molecule has 8 heteroatoms. The number of nitrogens with two attached hydrogens (primary N) is 1. The molecule has 0 aliphatic rings. The van der Waals surface area contributed by atoms with Crippen molar-refractivity contribution in [3.8, 4) is 22.6 Å². The van der Waals surface area contributed by atoms with Gasteiger partial charge in [-0.3, -0.25) is 4.79 Å². The van der Waals surface area contributed by atoms with Gasteiger partial charge in [-0.2, -0.15) is 0 Å². The van der Waals surface area contributed by atoms with Gasteiger partial charge in [0.25, 0.3) is 5.91 Å². The lowest BCUT2D eigenvalue weighted by Crippen LogP contribution is -2.22. The summed E-state index contributed by atoms with van der Waals surface area (Å²) in [6, 6.07) is 18.7. The van der Waals surface area contributed by atoms with Gasteiger partial charge in [0.1, 0.15) is 5.69 Å². The molecule has 0 aliphatic carbocycles. The number of carbonyl (C=O) groups excluding carboxylic acids is 1. The van der Waals surface area contributed by atoms with Crippen molar-refractivity contribution in [2.75, 3.05) is 18.1 Å². The fourth-order valence-electron chi connectivity index (χ4n) is 3.04. The summed E-state index contributed by atoms with van der Waals surface area (Å²) in [5, 5.41) is 5.82. The van der Waals surface area contributed by atoms with E-state index in [4.69, 9.17) is 5.73 Å². The Morgan fingerprint density at radius 1 is 0.968 bits per heavy atom. The van der Waals surface area contributed by atoms with Crippen LogP contribution >= 0.6 is 0 Å². The SMILES string of the molecule is CNc1nccc(-c2nc(-c3cccc(C(=O)NCc4ccccc4)c3)cnc2N)n1. The topological polar surface area (TPSA) is 119 Å². The average molecular weight is 411 g/mol. The Hall–Kier alpha value is -4.33. The van der Waals surface area contributed by atoms with Crippen LogP contribution in [0.15, 0.2) is 73.1 Å². The molecule has 0 spiro atoms. The number of carbonyl (C=O) groups is 1. The summed E-state index contributed by atoms with van der Waals surface area (Å²) in [6.07, 6.45) is 3.21. The van der Waals surface area contributed by atoms with E-state index in [1.54, 1.807) is 37.6 Å². The molecule has 2 heterocycles. The van der Waals surface area contributed by atoms with E-state index in [0.717, 1.165) is 11.1 Å². The number of hydrogen-bond donors (Lipinski definition) is 3. The van der Waals surface area contributed by atoms with E-state index in [0.29, 0.717) is 35.1 Å². The first-order chi connectivity index (χ1) is 15.1. The van der Waals surface area contributed by atoms with Crippen molar-refractivity contribution in [2.45, 2.75) is 6.54 Å². The molecule has 4 rings (SSSR count). The van der Waals surface area contributed by atoms with Crippen LogP contribution < -0.4 is 16.4 Å². The Kier molecular flexibility index (Phi) is 5.79. The second kappa shape index (κ2) is 9.00. The van der Waals surface area contributed by atoms with Gasteiger partial charge in [0.2, 0.25) is 5.95 Å². The molecule has 2 aromatic heterocycles. The summed E-state index contributed by atoms with van der Waals surface area (Å²) in [7, 11) is 1.74. The van der Waals surface area contributed by atoms with Crippen LogP contribution in [0.2, 0.25) is 0 Å². The minimum Gasteiger partial charge on any atom is -0.382 e. The van der Waals surface area contributed by atoms with Gasteiger partial charge in [-0.15, -0.1) is 0 Å². The molecule has 2 aromatic carbocycles. The highest BCUT2D eigenvalue weighted by Gasteiger charge is 2.13. The smallest absolute Gasteiger partial charge is 0.251 e. The minimum absolute atomic E-state index is 0.163. The van der Waals surface area contributed by atoms with E-state index in [9.17, 15) is 4.79 Å². The van der Waals surface area contributed by atoms with Crippen LogP contribution in [-0.2, 0) is 6.54 Å². The quantitative estimate of drug-likeness (QED) is 0.446. The third-order valence-corrected chi connectivity index (χ3v) is 4.64. The second-order valence-electron chi connectivity index (χ2n) is 6.75. The lowest BCUT2D eigenvalue weighted by Gasteiger charge is -2.09. The van der Waals surface area contributed by atoms with Gasteiger partial charge in [-0.25, -0.2) is 19.9 Å². The molecule has 0 aliphatic heterocycles. The number of nitrogen functional groups attached to an aromatic ring is 1.